The van der Waals surface area contributed by atoms with E-state index in [4.69, 9.17) is 21.1 Å². The topological polar surface area (TPSA) is 148 Å². The molecule has 1 N–H and O–H groups in total. The predicted molar refractivity (Wildman–Crippen MR) is 171 cm³/mol. The van der Waals surface area contributed by atoms with Crippen LogP contribution in [0, 0.1) is 23.0 Å². The fourth-order valence-corrected chi connectivity index (χ4v) is 6.05. The van der Waals surface area contributed by atoms with Gasteiger partial charge in [-0.1, -0.05) is 43.6 Å². The third-order valence-corrected chi connectivity index (χ3v) is 8.98. The van der Waals surface area contributed by atoms with Crippen LogP contribution in [0.25, 0.3) is 0 Å². The van der Waals surface area contributed by atoms with E-state index in [0.717, 1.165) is 10.4 Å². The van der Waals surface area contributed by atoms with E-state index in [-0.39, 0.29) is 34.5 Å². The first-order chi connectivity index (χ1) is 21.2. The standard InChI is InChI=1S/C31H37ClN4O8S/c1-20(2)17-33-31(38)22(4)34(18-23-8-7-9-25(14-23)43-5)30(37)19-35(28-15-24(32)11-13-29(28)44-6)45(41,42)26-12-10-21(3)27(16-26)36(39)40/h7-16,20,22H,17-19H2,1-6H3,(H,33,38)/t22-/m0/s1. The van der Waals surface area contributed by atoms with Crippen LogP contribution >= 0.6 is 11.6 Å². The summed E-state index contributed by atoms with van der Waals surface area (Å²) in [5, 5.41) is 14.6. The average molecular weight is 661 g/mol. The minimum Gasteiger partial charge on any atom is -0.497 e. The number of ether oxygens (including phenoxy) is 2. The highest BCUT2D eigenvalue weighted by Gasteiger charge is 2.35. The summed E-state index contributed by atoms with van der Waals surface area (Å²) in [6, 6.07) is 13.6. The number of nitrogens with zero attached hydrogens (tertiary/aromatic N) is 3. The van der Waals surface area contributed by atoms with Crippen LogP contribution in [0.2, 0.25) is 5.02 Å². The molecule has 0 saturated heterocycles. The Kier molecular flexibility index (Phi) is 11.8. The van der Waals surface area contributed by atoms with Crippen LogP contribution in [0.5, 0.6) is 11.5 Å². The van der Waals surface area contributed by atoms with Gasteiger partial charge in [0.1, 0.15) is 24.1 Å². The number of aryl methyl sites for hydroxylation is 1. The molecule has 0 unspecified atom stereocenters. The molecule has 14 heteroatoms. The molecule has 0 fully saturated rings. The number of nitro benzene ring substituents is 1. The quantitative estimate of drug-likeness (QED) is 0.188. The van der Waals surface area contributed by atoms with Gasteiger partial charge in [0.05, 0.1) is 29.7 Å². The first-order valence-corrected chi connectivity index (χ1v) is 15.8. The third kappa shape index (κ3) is 8.64. The van der Waals surface area contributed by atoms with Crippen LogP contribution in [0.4, 0.5) is 11.4 Å². The van der Waals surface area contributed by atoms with Crippen LogP contribution in [0.15, 0.2) is 65.6 Å². The molecule has 0 bridgehead atoms. The smallest absolute Gasteiger partial charge is 0.273 e. The van der Waals surface area contributed by atoms with Crippen molar-refractivity contribution in [1.82, 2.24) is 10.2 Å². The number of benzene rings is 3. The average Bonchev–Trinajstić information content (AvgIpc) is 3.00. The summed E-state index contributed by atoms with van der Waals surface area (Å²) in [6.45, 7) is 6.43. The second kappa shape index (κ2) is 15.1. The van der Waals surface area contributed by atoms with E-state index in [1.165, 1.54) is 56.4 Å². The molecule has 0 aliphatic rings. The molecule has 0 radical (unpaired) electrons. The molecule has 3 rings (SSSR count). The number of carbonyl (C=O) groups excluding carboxylic acids is 2. The Morgan fingerprint density at radius 2 is 1.73 bits per heavy atom. The van der Waals surface area contributed by atoms with Gasteiger partial charge in [-0.15, -0.1) is 0 Å². The van der Waals surface area contributed by atoms with Gasteiger partial charge in [0, 0.05) is 29.7 Å². The summed E-state index contributed by atoms with van der Waals surface area (Å²) in [5.74, 6) is -0.385. The minimum absolute atomic E-state index is 0.0527. The summed E-state index contributed by atoms with van der Waals surface area (Å²) in [6.07, 6.45) is 0. The minimum atomic E-state index is -4.63. The molecule has 0 heterocycles. The van der Waals surface area contributed by atoms with Crippen molar-refractivity contribution < 1.29 is 32.4 Å². The van der Waals surface area contributed by atoms with E-state index in [9.17, 15) is 28.1 Å². The Balaban J connectivity index is 2.15. The number of nitro groups is 1. The number of hydrogen-bond acceptors (Lipinski definition) is 8. The summed E-state index contributed by atoms with van der Waals surface area (Å²) in [5.41, 5.74) is 0.415. The third-order valence-electron chi connectivity index (χ3n) is 6.99. The molecule has 3 aromatic carbocycles. The number of hydrogen-bond donors (Lipinski definition) is 1. The molecular formula is C31H37ClN4O8S. The number of anilines is 1. The Labute approximate surface area is 268 Å². The summed E-state index contributed by atoms with van der Waals surface area (Å²) in [7, 11) is -1.81. The van der Waals surface area contributed by atoms with Crippen molar-refractivity contribution in [3.63, 3.8) is 0 Å². The molecule has 12 nitrogen and oxygen atoms in total. The van der Waals surface area contributed by atoms with Crippen LogP contribution < -0.4 is 19.1 Å². The summed E-state index contributed by atoms with van der Waals surface area (Å²) < 4.78 is 40.0. The Hall–Kier alpha value is -4.36. The monoisotopic (exact) mass is 660 g/mol. The Morgan fingerprint density at radius 3 is 2.36 bits per heavy atom. The maximum absolute atomic E-state index is 14.2. The van der Waals surface area contributed by atoms with E-state index in [2.05, 4.69) is 5.32 Å². The Morgan fingerprint density at radius 1 is 1.02 bits per heavy atom. The van der Waals surface area contributed by atoms with Gasteiger partial charge in [-0.05, 0) is 61.7 Å². The number of amides is 2. The number of sulfonamides is 1. The fourth-order valence-electron chi connectivity index (χ4n) is 4.45. The van der Waals surface area contributed by atoms with Gasteiger partial charge in [0.2, 0.25) is 11.8 Å². The highest BCUT2D eigenvalue weighted by molar-refractivity contribution is 7.92. The molecular weight excluding hydrogens is 624 g/mol. The van der Waals surface area contributed by atoms with Crippen molar-refractivity contribution >= 4 is 44.8 Å². The van der Waals surface area contributed by atoms with Gasteiger partial charge in [-0.2, -0.15) is 0 Å². The Bertz CT molecular complexity index is 1660. The van der Waals surface area contributed by atoms with E-state index in [1.54, 1.807) is 31.2 Å². The SMILES string of the molecule is COc1cccc(CN(C(=O)CN(c2cc(Cl)ccc2OC)S(=O)(=O)c2ccc(C)c([N+](=O)[O-])c2)[C@@H](C)C(=O)NCC(C)C)c1. The van der Waals surface area contributed by atoms with Crippen molar-refractivity contribution in [3.8, 4) is 11.5 Å². The lowest BCUT2D eigenvalue weighted by molar-refractivity contribution is -0.385. The lowest BCUT2D eigenvalue weighted by Gasteiger charge is -2.32. The number of carbonyl (C=O) groups is 2. The lowest BCUT2D eigenvalue weighted by Crippen LogP contribution is -2.51. The van der Waals surface area contributed by atoms with E-state index >= 15 is 0 Å². The van der Waals surface area contributed by atoms with Crippen LogP contribution in [0.1, 0.15) is 31.9 Å². The summed E-state index contributed by atoms with van der Waals surface area (Å²) >= 11 is 6.26. The van der Waals surface area contributed by atoms with Gasteiger partial charge in [-0.3, -0.25) is 24.0 Å². The van der Waals surface area contributed by atoms with Crippen LogP contribution in [-0.2, 0) is 26.2 Å². The zero-order chi connectivity index (χ0) is 33.5. The molecule has 2 amide bonds. The first kappa shape index (κ1) is 35.1. The van der Waals surface area contributed by atoms with Crippen LogP contribution in [0.3, 0.4) is 0 Å². The number of halogens is 1. The molecule has 1 atom stereocenters. The van der Waals surface area contributed by atoms with Gasteiger partial charge < -0.3 is 19.7 Å². The molecule has 45 heavy (non-hydrogen) atoms. The van der Waals surface area contributed by atoms with E-state index in [0.29, 0.717) is 17.9 Å². The first-order valence-electron chi connectivity index (χ1n) is 14.0. The molecule has 0 saturated carbocycles. The van der Waals surface area contributed by atoms with Gasteiger partial charge in [-0.25, -0.2) is 8.42 Å². The zero-order valence-corrected chi connectivity index (χ0v) is 27.5. The highest BCUT2D eigenvalue weighted by atomic mass is 35.5. The van der Waals surface area contributed by atoms with Crippen molar-refractivity contribution in [2.24, 2.45) is 5.92 Å². The largest absolute Gasteiger partial charge is 0.497 e. The highest BCUT2D eigenvalue weighted by Crippen LogP contribution is 2.36. The predicted octanol–water partition coefficient (Wildman–Crippen LogP) is 4.96. The van der Waals surface area contributed by atoms with E-state index < -0.39 is 49.9 Å². The maximum Gasteiger partial charge on any atom is 0.273 e. The van der Waals surface area contributed by atoms with Crippen molar-refractivity contribution in [2.75, 3.05) is 31.6 Å². The molecule has 0 spiro atoms. The number of nitrogens with one attached hydrogen (secondary N) is 1. The zero-order valence-electron chi connectivity index (χ0n) is 25.9. The van der Waals surface area contributed by atoms with Gasteiger partial charge in [0.25, 0.3) is 15.7 Å². The van der Waals surface area contributed by atoms with Crippen LogP contribution in [-0.4, -0.2) is 63.4 Å². The molecule has 0 aromatic heterocycles. The molecule has 3 aromatic rings. The van der Waals surface area contributed by atoms with Gasteiger partial charge >= 0.3 is 0 Å². The molecule has 0 aliphatic carbocycles. The summed E-state index contributed by atoms with van der Waals surface area (Å²) in [4.78, 5) is 39.2. The second-order valence-electron chi connectivity index (χ2n) is 10.7. The van der Waals surface area contributed by atoms with Crippen molar-refractivity contribution in [1.29, 1.82) is 0 Å². The molecule has 242 valence electrons. The number of methoxy groups -OCH3 is 2. The number of rotatable bonds is 14. The van der Waals surface area contributed by atoms with Gasteiger partial charge in [0.15, 0.2) is 0 Å². The van der Waals surface area contributed by atoms with Crippen molar-refractivity contribution in [3.05, 3.63) is 86.9 Å². The maximum atomic E-state index is 14.2. The van der Waals surface area contributed by atoms with Crippen molar-refractivity contribution in [2.45, 2.75) is 45.2 Å². The van der Waals surface area contributed by atoms with E-state index in [1.807, 2.05) is 13.8 Å². The second-order valence-corrected chi connectivity index (χ2v) is 13.0. The molecule has 0 aliphatic heterocycles. The lowest BCUT2D eigenvalue weighted by atomic mass is 10.1. The fraction of sp³-hybridized carbons (Fsp3) is 0.355. The normalized spacial score (nSPS) is 11.9.